The number of halogens is 1. The van der Waals surface area contributed by atoms with Gasteiger partial charge in [-0.05, 0) is 36.4 Å². The summed E-state index contributed by atoms with van der Waals surface area (Å²) in [6, 6.07) is 12.3. The first-order chi connectivity index (χ1) is 9.17. The molecule has 3 N–H and O–H groups in total. The van der Waals surface area contributed by atoms with Gasteiger partial charge in [-0.3, -0.25) is 4.90 Å². The van der Waals surface area contributed by atoms with Crippen molar-refractivity contribution in [2.75, 3.05) is 12.5 Å². The van der Waals surface area contributed by atoms with Gasteiger partial charge in [0, 0.05) is 23.8 Å². The Morgan fingerprint density at radius 3 is 2.32 bits per heavy atom. The van der Waals surface area contributed by atoms with E-state index in [0.717, 1.165) is 17.6 Å². The number of hydrazine groups is 1. The quantitative estimate of drug-likeness (QED) is 0.657. The highest BCUT2D eigenvalue weighted by Crippen LogP contribution is 2.13. The van der Waals surface area contributed by atoms with Crippen molar-refractivity contribution in [3.8, 4) is 0 Å². The Balaban J connectivity index is 1.92. The lowest BCUT2D eigenvalue weighted by atomic mass is 10.2. The van der Waals surface area contributed by atoms with E-state index >= 15 is 0 Å². The monoisotopic (exact) mass is 320 g/mol. The minimum absolute atomic E-state index is 0.680. The second-order valence-corrected chi connectivity index (χ2v) is 5.41. The highest BCUT2D eigenvalue weighted by atomic mass is 79.9. The lowest BCUT2D eigenvalue weighted by Crippen LogP contribution is -2.17. The van der Waals surface area contributed by atoms with Gasteiger partial charge in [-0.2, -0.15) is 0 Å². The van der Waals surface area contributed by atoms with Gasteiger partial charge in [-0.15, -0.1) is 0 Å². The van der Waals surface area contributed by atoms with E-state index < -0.39 is 0 Å². The van der Waals surface area contributed by atoms with Crippen LogP contribution in [0.3, 0.4) is 0 Å². The summed E-state index contributed by atoms with van der Waals surface area (Å²) in [5.74, 6) is 5.97. The Labute approximate surface area is 121 Å². The molecule has 0 saturated carbocycles. The number of nitrogen functional groups attached to an aromatic ring is 1. The van der Waals surface area contributed by atoms with Gasteiger partial charge >= 0.3 is 0 Å². The zero-order valence-corrected chi connectivity index (χ0v) is 12.4. The maximum atomic E-state index is 5.29. The number of pyridine rings is 1. The summed E-state index contributed by atoms with van der Waals surface area (Å²) in [5, 5.41) is 0. The summed E-state index contributed by atoms with van der Waals surface area (Å²) in [6.07, 6.45) is 1.84. The lowest BCUT2D eigenvalue weighted by Gasteiger charge is -2.16. The normalized spacial score (nSPS) is 10.7. The second kappa shape index (κ2) is 6.65. The standard InChI is InChI=1S/C14H17BrN4/c1-19(9-11-2-5-13(15)6-3-11)10-12-4-7-14(18-16)17-8-12/h2-8H,9-10,16H2,1H3,(H,17,18). The molecule has 0 saturated heterocycles. The van der Waals surface area contributed by atoms with Crippen molar-refractivity contribution in [1.29, 1.82) is 0 Å². The molecule has 100 valence electrons. The fourth-order valence-electron chi connectivity index (χ4n) is 1.87. The fourth-order valence-corrected chi connectivity index (χ4v) is 2.14. The van der Waals surface area contributed by atoms with E-state index in [2.05, 4.69) is 62.6 Å². The van der Waals surface area contributed by atoms with Gasteiger partial charge in [-0.25, -0.2) is 10.8 Å². The molecule has 4 nitrogen and oxygen atoms in total. The lowest BCUT2D eigenvalue weighted by molar-refractivity contribution is 0.318. The van der Waals surface area contributed by atoms with Crippen LogP contribution >= 0.6 is 15.9 Å². The first-order valence-electron chi connectivity index (χ1n) is 6.02. The third kappa shape index (κ3) is 4.31. The smallest absolute Gasteiger partial charge is 0.139 e. The molecule has 1 heterocycles. The van der Waals surface area contributed by atoms with E-state index in [-0.39, 0.29) is 0 Å². The predicted molar refractivity (Wildman–Crippen MR) is 81.4 cm³/mol. The topological polar surface area (TPSA) is 54.2 Å². The van der Waals surface area contributed by atoms with Crippen molar-refractivity contribution in [3.05, 3.63) is 58.2 Å². The minimum atomic E-state index is 0.680. The Kier molecular flexibility index (Phi) is 4.90. The van der Waals surface area contributed by atoms with Gasteiger partial charge in [-0.1, -0.05) is 34.1 Å². The Morgan fingerprint density at radius 2 is 1.74 bits per heavy atom. The van der Waals surface area contributed by atoms with Crippen LogP contribution in [0.2, 0.25) is 0 Å². The van der Waals surface area contributed by atoms with Crippen molar-refractivity contribution in [1.82, 2.24) is 9.88 Å². The van der Waals surface area contributed by atoms with Crippen molar-refractivity contribution in [3.63, 3.8) is 0 Å². The molecule has 0 aliphatic rings. The highest BCUT2D eigenvalue weighted by molar-refractivity contribution is 9.10. The number of nitrogens with two attached hydrogens (primary N) is 1. The summed E-state index contributed by atoms with van der Waals surface area (Å²) in [4.78, 5) is 6.45. The SMILES string of the molecule is CN(Cc1ccc(Br)cc1)Cc1ccc(NN)nc1. The first-order valence-corrected chi connectivity index (χ1v) is 6.81. The van der Waals surface area contributed by atoms with Crippen LogP contribution in [0.4, 0.5) is 5.82 Å². The zero-order valence-electron chi connectivity index (χ0n) is 10.8. The average molecular weight is 321 g/mol. The molecule has 19 heavy (non-hydrogen) atoms. The molecule has 0 unspecified atom stereocenters. The largest absolute Gasteiger partial charge is 0.308 e. The number of anilines is 1. The molecule has 0 atom stereocenters. The van der Waals surface area contributed by atoms with Crippen LogP contribution in [-0.4, -0.2) is 16.9 Å². The van der Waals surface area contributed by atoms with Crippen LogP contribution in [0.1, 0.15) is 11.1 Å². The molecule has 0 aliphatic carbocycles. The maximum Gasteiger partial charge on any atom is 0.139 e. The van der Waals surface area contributed by atoms with Crippen molar-refractivity contribution in [2.45, 2.75) is 13.1 Å². The van der Waals surface area contributed by atoms with Crippen LogP contribution in [0, 0.1) is 0 Å². The summed E-state index contributed by atoms with van der Waals surface area (Å²) in [5.41, 5.74) is 4.98. The Morgan fingerprint density at radius 1 is 1.11 bits per heavy atom. The molecule has 1 aromatic carbocycles. The molecule has 5 heteroatoms. The Hall–Kier alpha value is -1.43. The van der Waals surface area contributed by atoms with Gasteiger partial charge in [0.1, 0.15) is 5.82 Å². The van der Waals surface area contributed by atoms with Gasteiger partial charge in [0.2, 0.25) is 0 Å². The van der Waals surface area contributed by atoms with Crippen LogP contribution in [0.5, 0.6) is 0 Å². The maximum absolute atomic E-state index is 5.29. The molecule has 2 rings (SSSR count). The number of hydrogen-bond donors (Lipinski definition) is 2. The van der Waals surface area contributed by atoms with E-state index in [1.54, 1.807) is 0 Å². The highest BCUT2D eigenvalue weighted by Gasteiger charge is 2.02. The average Bonchev–Trinajstić information content (AvgIpc) is 2.42. The summed E-state index contributed by atoms with van der Waals surface area (Å²) in [7, 11) is 2.09. The van der Waals surface area contributed by atoms with Gasteiger partial charge < -0.3 is 5.43 Å². The molecule has 0 radical (unpaired) electrons. The Bertz CT molecular complexity index is 510. The molecule has 0 spiro atoms. The van der Waals surface area contributed by atoms with Crippen molar-refractivity contribution < 1.29 is 0 Å². The number of hydrogen-bond acceptors (Lipinski definition) is 4. The van der Waals surface area contributed by atoms with Gasteiger partial charge in [0.15, 0.2) is 0 Å². The van der Waals surface area contributed by atoms with Gasteiger partial charge in [0.05, 0.1) is 0 Å². The zero-order chi connectivity index (χ0) is 13.7. The van der Waals surface area contributed by atoms with Crippen LogP contribution < -0.4 is 11.3 Å². The second-order valence-electron chi connectivity index (χ2n) is 4.49. The number of benzene rings is 1. The number of nitrogens with zero attached hydrogens (tertiary/aromatic N) is 2. The van der Waals surface area contributed by atoms with Crippen LogP contribution in [-0.2, 0) is 13.1 Å². The summed E-state index contributed by atoms with van der Waals surface area (Å²) < 4.78 is 1.10. The minimum Gasteiger partial charge on any atom is -0.308 e. The van der Waals surface area contributed by atoms with Crippen molar-refractivity contribution in [2.24, 2.45) is 5.84 Å². The molecular weight excluding hydrogens is 304 g/mol. The first kappa shape index (κ1) is 14.0. The van der Waals surface area contributed by atoms with Crippen molar-refractivity contribution >= 4 is 21.7 Å². The van der Waals surface area contributed by atoms with E-state index in [1.165, 1.54) is 11.1 Å². The predicted octanol–water partition coefficient (Wildman–Crippen LogP) is 2.76. The molecule has 0 amide bonds. The van der Waals surface area contributed by atoms with E-state index in [0.29, 0.717) is 5.82 Å². The number of aromatic nitrogens is 1. The number of rotatable bonds is 5. The molecule has 1 aromatic heterocycles. The number of nitrogens with one attached hydrogen (secondary N) is 1. The van der Waals surface area contributed by atoms with E-state index in [9.17, 15) is 0 Å². The fraction of sp³-hybridized carbons (Fsp3) is 0.214. The molecule has 2 aromatic rings. The van der Waals surface area contributed by atoms with E-state index in [1.807, 2.05) is 18.3 Å². The third-order valence-corrected chi connectivity index (χ3v) is 3.32. The molecule has 0 bridgehead atoms. The molecular formula is C14H17BrN4. The summed E-state index contributed by atoms with van der Waals surface area (Å²) in [6.45, 7) is 1.76. The van der Waals surface area contributed by atoms with E-state index in [4.69, 9.17) is 5.84 Å². The van der Waals surface area contributed by atoms with Crippen LogP contribution in [0.25, 0.3) is 0 Å². The van der Waals surface area contributed by atoms with Gasteiger partial charge in [0.25, 0.3) is 0 Å². The third-order valence-electron chi connectivity index (χ3n) is 2.79. The molecule has 0 fully saturated rings. The van der Waals surface area contributed by atoms with Crippen LogP contribution in [0.15, 0.2) is 47.1 Å². The molecule has 0 aliphatic heterocycles. The summed E-state index contributed by atoms with van der Waals surface area (Å²) >= 11 is 3.44.